The number of methoxy groups -OCH3 is 1. The molecule has 106 valence electrons. The van der Waals surface area contributed by atoms with Crippen LogP contribution < -0.4 is 10.5 Å². The van der Waals surface area contributed by atoms with Crippen molar-refractivity contribution >= 4 is 11.7 Å². The maximum absolute atomic E-state index is 13.5. The van der Waals surface area contributed by atoms with Crippen molar-refractivity contribution in [1.82, 2.24) is 4.98 Å². The zero-order valence-electron chi connectivity index (χ0n) is 11.0. The molecule has 0 saturated heterocycles. The van der Waals surface area contributed by atoms with Gasteiger partial charge in [-0.2, -0.15) is 5.26 Å². The van der Waals surface area contributed by atoms with Gasteiger partial charge in [0.2, 0.25) is 5.88 Å². The third kappa shape index (κ3) is 3.06. The predicted octanol–water partition coefficient (Wildman–Crippen LogP) is 2.25. The van der Waals surface area contributed by atoms with Crippen molar-refractivity contribution in [1.29, 1.82) is 5.26 Å². The molecule has 1 aromatic carbocycles. The van der Waals surface area contributed by atoms with Crippen LogP contribution in [0.25, 0.3) is 0 Å². The van der Waals surface area contributed by atoms with E-state index in [1.807, 2.05) is 0 Å². The number of carbonyl (C=O) groups excluding carboxylic acids is 1. The molecule has 0 spiro atoms. The Labute approximate surface area is 119 Å². The number of ether oxygens (including phenoxy) is 2. The van der Waals surface area contributed by atoms with Gasteiger partial charge in [0.15, 0.2) is 0 Å². The molecule has 0 radical (unpaired) electrons. The van der Waals surface area contributed by atoms with E-state index in [0.717, 1.165) is 6.07 Å². The van der Waals surface area contributed by atoms with Crippen LogP contribution in [0, 0.1) is 17.1 Å². The Kier molecular flexibility index (Phi) is 4.00. The van der Waals surface area contributed by atoms with E-state index in [2.05, 4.69) is 9.72 Å². The number of nitriles is 1. The second-order valence-corrected chi connectivity index (χ2v) is 3.96. The van der Waals surface area contributed by atoms with E-state index in [0.29, 0.717) is 0 Å². The van der Waals surface area contributed by atoms with Gasteiger partial charge in [0.1, 0.15) is 17.6 Å². The van der Waals surface area contributed by atoms with Gasteiger partial charge in [-0.3, -0.25) is 0 Å². The molecular formula is C14H10FN3O3. The molecular weight excluding hydrogens is 277 g/mol. The monoisotopic (exact) mass is 287 g/mol. The minimum Gasteiger partial charge on any atom is -0.465 e. The predicted molar refractivity (Wildman–Crippen MR) is 71.2 cm³/mol. The summed E-state index contributed by atoms with van der Waals surface area (Å²) in [6.07, 6.45) is 1.24. The Morgan fingerprint density at radius 3 is 2.81 bits per heavy atom. The van der Waals surface area contributed by atoms with E-state index in [4.69, 9.17) is 15.7 Å². The smallest absolute Gasteiger partial charge is 0.340 e. The second-order valence-electron chi connectivity index (χ2n) is 3.96. The summed E-state index contributed by atoms with van der Waals surface area (Å²) in [4.78, 5) is 15.4. The topological polar surface area (TPSA) is 98.2 Å². The summed E-state index contributed by atoms with van der Waals surface area (Å²) in [6, 6.07) is 6.74. The molecule has 1 heterocycles. The number of nitrogens with zero attached hydrogens (tertiary/aromatic N) is 2. The van der Waals surface area contributed by atoms with Gasteiger partial charge < -0.3 is 15.2 Å². The minimum absolute atomic E-state index is 0.0497. The molecule has 0 aliphatic carbocycles. The molecule has 1 aromatic heterocycles. The minimum atomic E-state index is -0.710. The average Bonchev–Trinajstić information content (AvgIpc) is 2.48. The van der Waals surface area contributed by atoms with Gasteiger partial charge in [-0.05, 0) is 12.1 Å². The van der Waals surface area contributed by atoms with Crippen molar-refractivity contribution < 1.29 is 18.7 Å². The zero-order chi connectivity index (χ0) is 15.4. The van der Waals surface area contributed by atoms with E-state index >= 15 is 0 Å². The van der Waals surface area contributed by atoms with E-state index in [9.17, 15) is 9.18 Å². The third-order valence-electron chi connectivity index (χ3n) is 2.60. The van der Waals surface area contributed by atoms with E-state index in [1.165, 1.54) is 31.5 Å². The highest BCUT2D eigenvalue weighted by Gasteiger charge is 2.13. The lowest BCUT2D eigenvalue weighted by atomic mass is 10.2. The van der Waals surface area contributed by atoms with Crippen LogP contribution in [-0.2, 0) is 4.74 Å². The van der Waals surface area contributed by atoms with Crippen LogP contribution in [0.4, 0.5) is 10.1 Å². The van der Waals surface area contributed by atoms with Crippen molar-refractivity contribution in [3.8, 4) is 17.7 Å². The van der Waals surface area contributed by atoms with Crippen LogP contribution in [0.5, 0.6) is 11.6 Å². The van der Waals surface area contributed by atoms with Crippen LogP contribution >= 0.6 is 0 Å². The number of hydrogen-bond acceptors (Lipinski definition) is 6. The molecule has 0 atom stereocenters. The first-order valence-electron chi connectivity index (χ1n) is 5.76. The molecule has 0 fully saturated rings. The Morgan fingerprint density at radius 1 is 1.43 bits per heavy atom. The van der Waals surface area contributed by atoms with Gasteiger partial charge in [-0.15, -0.1) is 0 Å². The fourth-order valence-corrected chi connectivity index (χ4v) is 1.56. The summed E-state index contributed by atoms with van der Waals surface area (Å²) in [6.45, 7) is 0. The molecule has 6 nitrogen and oxygen atoms in total. The van der Waals surface area contributed by atoms with Gasteiger partial charge in [0, 0.05) is 12.1 Å². The lowest BCUT2D eigenvalue weighted by Gasteiger charge is -2.08. The highest BCUT2D eigenvalue weighted by atomic mass is 19.1. The lowest BCUT2D eigenvalue weighted by molar-refractivity contribution is 0.0601. The molecule has 0 amide bonds. The Morgan fingerprint density at radius 2 is 2.19 bits per heavy atom. The summed E-state index contributed by atoms with van der Waals surface area (Å²) < 4.78 is 23.4. The van der Waals surface area contributed by atoms with Crippen molar-refractivity contribution in [3.63, 3.8) is 0 Å². The lowest BCUT2D eigenvalue weighted by Crippen LogP contribution is -2.06. The van der Waals surface area contributed by atoms with Crippen molar-refractivity contribution in [2.75, 3.05) is 12.8 Å². The first-order chi connectivity index (χ1) is 10.0. The fourth-order valence-electron chi connectivity index (χ4n) is 1.56. The first-order valence-corrected chi connectivity index (χ1v) is 5.76. The third-order valence-corrected chi connectivity index (χ3v) is 2.60. The Bertz CT molecular complexity index is 741. The molecule has 2 aromatic rings. The highest BCUT2D eigenvalue weighted by Crippen LogP contribution is 2.24. The number of hydrogen-bond donors (Lipinski definition) is 1. The summed E-state index contributed by atoms with van der Waals surface area (Å²) in [7, 11) is 1.22. The van der Waals surface area contributed by atoms with Crippen LogP contribution in [0.3, 0.4) is 0 Å². The van der Waals surface area contributed by atoms with Crippen LogP contribution in [0.2, 0.25) is 0 Å². The molecule has 0 bridgehead atoms. The van der Waals surface area contributed by atoms with E-state index in [-0.39, 0.29) is 28.4 Å². The van der Waals surface area contributed by atoms with Gasteiger partial charge >= 0.3 is 5.97 Å². The summed E-state index contributed by atoms with van der Waals surface area (Å²) in [5.74, 6) is -1.15. The molecule has 0 unspecified atom stereocenters. The number of carbonyl (C=O) groups is 1. The Hall–Kier alpha value is -3.14. The molecule has 21 heavy (non-hydrogen) atoms. The SMILES string of the molecule is COC(=O)c1cc(Oc2ccc(C#N)c(F)c2)ncc1N. The fraction of sp³-hybridized carbons (Fsp3) is 0.0714. The highest BCUT2D eigenvalue weighted by molar-refractivity contribution is 5.95. The molecule has 0 saturated carbocycles. The number of benzene rings is 1. The van der Waals surface area contributed by atoms with Crippen LogP contribution in [0.15, 0.2) is 30.5 Å². The first kappa shape index (κ1) is 14.3. The molecule has 7 heteroatoms. The van der Waals surface area contributed by atoms with Gasteiger partial charge in [0.25, 0.3) is 0 Å². The number of pyridine rings is 1. The van der Waals surface area contributed by atoms with Gasteiger partial charge in [0.05, 0.1) is 30.1 Å². The standard InChI is InChI=1S/C14H10FN3O3/c1-20-14(19)10-5-13(18-7-12(10)17)21-9-3-2-8(6-16)11(15)4-9/h2-5,7H,17H2,1H3. The van der Waals surface area contributed by atoms with Crippen LogP contribution in [-0.4, -0.2) is 18.1 Å². The number of nitrogens with two attached hydrogens (primary N) is 1. The number of aromatic nitrogens is 1. The quantitative estimate of drug-likeness (QED) is 0.869. The largest absolute Gasteiger partial charge is 0.465 e. The number of rotatable bonds is 3. The van der Waals surface area contributed by atoms with Crippen molar-refractivity contribution in [2.45, 2.75) is 0 Å². The number of esters is 1. The van der Waals surface area contributed by atoms with Crippen molar-refractivity contribution in [2.24, 2.45) is 0 Å². The van der Waals surface area contributed by atoms with Gasteiger partial charge in [-0.1, -0.05) is 0 Å². The number of anilines is 1. The van der Waals surface area contributed by atoms with Gasteiger partial charge in [-0.25, -0.2) is 14.2 Å². The second kappa shape index (κ2) is 5.88. The average molecular weight is 287 g/mol. The Balaban J connectivity index is 2.30. The van der Waals surface area contributed by atoms with Crippen LogP contribution in [0.1, 0.15) is 15.9 Å². The van der Waals surface area contributed by atoms with Crippen molar-refractivity contribution in [3.05, 3.63) is 47.4 Å². The molecule has 2 N–H and O–H groups in total. The molecule has 2 rings (SSSR count). The summed E-state index contributed by atoms with van der Waals surface area (Å²) in [5, 5.41) is 8.65. The maximum Gasteiger partial charge on any atom is 0.340 e. The molecule has 0 aliphatic heterocycles. The number of nitrogen functional groups attached to an aromatic ring is 1. The zero-order valence-corrected chi connectivity index (χ0v) is 11.0. The maximum atomic E-state index is 13.5. The normalized spacial score (nSPS) is 9.76. The van der Waals surface area contributed by atoms with E-state index < -0.39 is 11.8 Å². The number of halogens is 1. The van der Waals surface area contributed by atoms with E-state index in [1.54, 1.807) is 6.07 Å². The summed E-state index contributed by atoms with van der Waals surface area (Å²) in [5.41, 5.74) is 5.74. The summed E-state index contributed by atoms with van der Waals surface area (Å²) >= 11 is 0. The molecule has 0 aliphatic rings.